The highest BCUT2D eigenvalue weighted by molar-refractivity contribution is 8.08. The van der Waals surface area contributed by atoms with Crippen LogP contribution >= 0.6 is 37.5 Å². The van der Waals surface area contributed by atoms with Gasteiger partial charge in [0.1, 0.15) is 0 Å². The van der Waals surface area contributed by atoms with Crippen molar-refractivity contribution in [3.05, 3.63) is 73.8 Å². The summed E-state index contributed by atoms with van der Waals surface area (Å²) in [6.07, 6.45) is 1.25. The van der Waals surface area contributed by atoms with E-state index in [4.69, 9.17) is 33.0 Å². The first-order chi connectivity index (χ1) is 13.9. The Morgan fingerprint density at radius 2 is 0.900 bits per heavy atom. The molecule has 0 aliphatic carbocycles. The molecule has 0 unspecified atom stereocenters. The molecule has 0 aromatic heterocycles. The van der Waals surface area contributed by atoms with E-state index < -0.39 is 13.4 Å². The molecule has 0 spiro atoms. The molecule has 2 rings (SSSR count). The average Bonchev–Trinajstić information content (AvgIpc) is 2.63. The van der Waals surface area contributed by atoms with E-state index >= 15 is 0 Å². The summed E-state index contributed by atoms with van der Waals surface area (Å²) in [6.45, 7) is 2.64. The average molecular weight is 535 g/mol. The molecule has 7 nitrogen and oxygen atoms in total. The van der Waals surface area contributed by atoms with Crippen molar-refractivity contribution in [1.82, 2.24) is 0 Å². The SMILES string of the molecule is C=C.CCC.OP(O)(O)=S.OP(O)(O)=S.c1ccc(SOSc2ccccc2)cc1. The molecule has 2 aromatic carbocycles. The van der Waals surface area contributed by atoms with E-state index in [-0.39, 0.29) is 0 Å². The van der Waals surface area contributed by atoms with E-state index in [2.05, 4.69) is 50.6 Å². The Balaban J connectivity index is -0.000000404. The molecule has 0 fully saturated rings. The van der Waals surface area contributed by atoms with Crippen LogP contribution in [0.15, 0.2) is 83.6 Å². The van der Waals surface area contributed by atoms with Gasteiger partial charge in [-0.05, 0) is 47.9 Å². The first-order valence-electron chi connectivity index (χ1n) is 8.04. The van der Waals surface area contributed by atoms with Gasteiger partial charge in [-0.15, -0.1) is 13.2 Å². The zero-order chi connectivity index (χ0) is 24.1. The first kappa shape index (κ1) is 34.5. The van der Waals surface area contributed by atoms with E-state index in [1.54, 1.807) is 0 Å². The van der Waals surface area contributed by atoms with Crippen LogP contribution < -0.4 is 0 Å². The Morgan fingerprint density at radius 1 is 0.700 bits per heavy atom. The summed E-state index contributed by atoms with van der Waals surface area (Å²) in [7, 11) is 0. The molecule has 2 aromatic rings. The van der Waals surface area contributed by atoms with Gasteiger partial charge in [0.2, 0.25) is 0 Å². The van der Waals surface area contributed by atoms with Crippen LogP contribution in [0.2, 0.25) is 0 Å². The molecule has 0 saturated carbocycles. The summed E-state index contributed by atoms with van der Waals surface area (Å²) in [4.78, 5) is 47.6. The minimum Gasteiger partial charge on any atom is -0.325 e. The molecule has 0 bridgehead atoms. The largest absolute Gasteiger partial charge is 0.325 e. The molecular formula is C17H28O7P2S4. The lowest BCUT2D eigenvalue weighted by Gasteiger charge is -2.00. The number of benzene rings is 2. The van der Waals surface area contributed by atoms with Crippen LogP contribution in [0.1, 0.15) is 20.3 Å². The summed E-state index contributed by atoms with van der Waals surface area (Å²) in [6, 6.07) is 20.1. The predicted molar refractivity (Wildman–Crippen MR) is 135 cm³/mol. The second-order valence-electron chi connectivity index (χ2n) is 4.59. The van der Waals surface area contributed by atoms with Crippen molar-refractivity contribution in [2.24, 2.45) is 0 Å². The van der Waals surface area contributed by atoms with Crippen LogP contribution in [0.3, 0.4) is 0 Å². The first-order valence-corrected chi connectivity index (χ1v) is 14.8. The van der Waals surface area contributed by atoms with Crippen LogP contribution in [0, 0.1) is 0 Å². The molecule has 172 valence electrons. The molecular weight excluding hydrogens is 506 g/mol. The lowest BCUT2D eigenvalue weighted by molar-refractivity contribution is 0.361. The van der Waals surface area contributed by atoms with Crippen LogP contribution in [0.5, 0.6) is 0 Å². The maximum atomic E-state index is 7.56. The summed E-state index contributed by atoms with van der Waals surface area (Å²) in [5.41, 5.74) is 0. The van der Waals surface area contributed by atoms with Crippen molar-refractivity contribution in [2.45, 2.75) is 30.1 Å². The molecule has 30 heavy (non-hydrogen) atoms. The van der Waals surface area contributed by atoms with Gasteiger partial charge in [0, 0.05) is 33.9 Å². The molecule has 0 radical (unpaired) electrons. The zero-order valence-electron chi connectivity index (χ0n) is 16.5. The fourth-order valence-electron chi connectivity index (χ4n) is 1.05. The summed E-state index contributed by atoms with van der Waals surface area (Å²) < 4.78 is 5.44. The van der Waals surface area contributed by atoms with Gasteiger partial charge in [-0.25, -0.2) is 3.63 Å². The third-order valence-electron chi connectivity index (χ3n) is 1.75. The topological polar surface area (TPSA) is 131 Å². The Morgan fingerprint density at radius 3 is 1.10 bits per heavy atom. The minimum absolute atomic E-state index is 1.11. The lowest BCUT2D eigenvalue weighted by atomic mass is 10.4. The molecule has 0 saturated heterocycles. The Bertz CT molecular complexity index is 637. The Kier molecular flexibility index (Phi) is 25.4. The van der Waals surface area contributed by atoms with E-state index in [9.17, 15) is 0 Å². The second-order valence-corrected chi connectivity index (χ2v) is 11.4. The molecule has 0 amide bonds. The van der Waals surface area contributed by atoms with Gasteiger partial charge in [-0.2, -0.15) is 0 Å². The summed E-state index contributed by atoms with van der Waals surface area (Å²) in [5.74, 6) is 0. The van der Waals surface area contributed by atoms with Gasteiger partial charge in [-0.1, -0.05) is 56.7 Å². The monoisotopic (exact) mass is 534 g/mol. The quantitative estimate of drug-likeness (QED) is 0.180. The fraction of sp³-hybridized carbons (Fsp3) is 0.176. The standard InChI is InChI=1S/C12H10OS2.C3H8.C2H4.2H3O3PS/c1-3-7-11(8-4-1)14-13-15-12-9-5-2-6-10-12;1-3-2;1-2;2*1-4(2,3)5/h1-10H;3H2,1-2H3;1-2H2;2*(H3,1,2,3,5). The van der Waals surface area contributed by atoms with Crippen LogP contribution in [-0.2, 0) is 27.2 Å². The van der Waals surface area contributed by atoms with Gasteiger partial charge < -0.3 is 29.4 Å². The van der Waals surface area contributed by atoms with E-state index in [0.29, 0.717) is 0 Å². The fourth-order valence-corrected chi connectivity index (χ4v) is 2.35. The van der Waals surface area contributed by atoms with Crippen LogP contribution in [0.25, 0.3) is 0 Å². The van der Waals surface area contributed by atoms with Crippen molar-refractivity contribution in [1.29, 1.82) is 0 Å². The molecule has 0 aliphatic rings. The number of rotatable bonds is 4. The number of hydrogen-bond acceptors (Lipinski definition) is 5. The zero-order valence-corrected chi connectivity index (χ0v) is 21.6. The molecule has 0 atom stereocenters. The van der Waals surface area contributed by atoms with E-state index in [1.807, 2.05) is 60.7 Å². The highest BCUT2D eigenvalue weighted by Crippen LogP contribution is 2.29. The van der Waals surface area contributed by atoms with Crippen LogP contribution in [-0.4, -0.2) is 29.4 Å². The van der Waals surface area contributed by atoms with Crippen molar-refractivity contribution in [3.8, 4) is 0 Å². The third-order valence-corrected chi connectivity index (χ3v) is 3.22. The number of hydrogen-bond donors (Lipinski definition) is 6. The minimum atomic E-state index is -3.81. The smallest absolute Gasteiger partial charge is 0.319 e. The lowest BCUT2D eigenvalue weighted by Crippen LogP contribution is -1.71. The van der Waals surface area contributed by atoms with Crippen molar-refractivity contribution in [2.75, 3.05) is 0 Å². The Hall–Kier alpha value is -0.100. The Labute approximate surface area is 197 Å². The van der Waals surface area contributed by atoms with Crippen molar-refractivity contribution in [3.63, 3.8) is 0 Å². The third kappa shape index (κ3) is 42.1. The van der Waals surface area contributed by atoms with E-state index in [1.165, 1.54) is 30.5 Å². The van der Waals surface area contributed by atoms with Crippen molar-refractivity contribution < 1.29 is 33.0 Å². The van der Waals surface area contributed by atoms with Crippen molar-refractivity contribution >= 4 is 61.1 Å². The molecule has 13 heteroatoms. The summed E-state index contributed by atoms with van der Waals surface area (Å²) >= 11 is 9.96. The maximum absolute atomic E-state index is 7.56. The normalized spacial score (nSPS) is 9.73. The van der Waals surface area contributed by atoms with Crippen LogP contribution in [0.4, 0.5) is 0 Å². The van der Waals surface area contributed by atoms with Gasteiger partial charge in [0.05, 0.1) is 0 Å². The van der Waals surface area contributed by atoms with E-state index in [0.717, 1.165) is 9.79 Å². The summed E-state index contributed by atoms with van der Waals surface area (Å²) in [5, 5.41) is 0. The second kappa shape index (κ2) is 22.1. The van der Waals surface area contributed by atoms with Gasteiger partial charge in [-0.3, -0.25) is 0 Å². The van der Waals surface area contributed by atoms with Gasteiger partial charge >= 0.3 is 13.4 Å². The predicted octanol–water partition coefficient (Wildman–Crippen LogP) is 5.01. The molecule has 0 aliphatic heterocycles. The molecule has 6 N–H and O–H groups in total. The highest BCUT2D eigenvalue weighted by atomic mass is 32.5. The maximum Gasteiger partial charge on any atom is 0.319 e. The highest BCUT2D eigenvalue weighted by Gasteiger charge is 1.96. The van der Waals surface area contributed by atoms with Gasteiger partial charge in [0.25, 0.3) is 0 Å². The van der Waals surface area contributed by atoms with Gasteiger partial charge in [0.15, 0.2) is 0 Å². The molecule has 0 heterocycles.